The second kappa shape index (κ2) is 8.33. The van der Waals surface area contributed by atoms with Crippen molar-refractivity contribution in [2.24, 2.45) is 4.74 Å². The Labute approximate surface area is 178 Å². The number of methoxy groups -OCH3 is 1. The number of rotatable bonds is 5. The summed E-state index contributed by atoms with van der Waals surface area (Å²) in [5.41, 5.74) is 4.17. The highest BCUT2D eigenvalue weighted by Gasteiger charge is 2.27. The summed E-state index contributed by atoms with van der Waals surface area (Å²) in [5.74, 6) is 0.831. The van der Waals surface area contributed by atoms with E-state index in [0.29, 0.717) is 0 Å². The Hall–Kier alpha value is -3.10. The summed E-state index contributed by atoms with van der Waals surface area (Å²) in [4.78, 5) is 0. The highest BCUT2D eigenvalue weighted by atomic mass is 31.2. The van der Waals surface area contributed by atoms with Gasteiger partial charge >= 0.3 is 0 Å². The minimum atomic E-state index is -2.09. The first-order valence-electron chi connectivity index (χ1n) is 9.94. The van der Waals surface area contributed by atoms with Crippen molar-refractivity contribution >= 4 is 23.4 Å². The van der Waals surface area contributed by atoms with Crippen LogP contribution in [0.3, 0.4) is 0 Å². The van der Waals surface area contributed by atoms with E-state index in [4.69, 9.17) is 14.6 Å². The lowest BCUT2D eigenvalue weighted by atomic mass is 10.3. The normalized spacial score (nSPS) is 12.9. The molecule has 1 aromatic heterocycles. The molecule has 3 aromatic carbocycles. The van der Waals surface area contributed by atoms with E-state index in [0.717, 1.165) is 28.5 Å². The number of hydrogen-bond donors (Lipinski definition) is 0. The SMILES string of the molecule is COc1ccc(N=P(C)(c2ccccc2)c2c(C)nn(-c3ccccc3)c2C)cc1. The van der Waals surface area contributed by atoms with Crippen molar-refractivity contribution < 1.29 is 4.74 Å². The molecule has 0 fully saturated rings. The fraction of sp³-hybridized carbons (Fsp3) is 0.160. The lowest BCUT2D eigenvalue weighted by Crippen LogP contribution is -2.19. The maximum atomic E-state index is 5.34. The predicted molar refractivity (Wildman–Crippen MR) is 127 cm³/mol. The van der Waals surface area contributed by atoms with Gasteiger partial charge in [-0.1, -0.05) is 48.5 Å². The van der Waals surface area contributed by atoms with Gasteiger partial charge in [0.1, 0.15) is 5.75 Å². The Morgan fingerprint density at radius 1 is 0.833 bits per heavy atom. The predicted octanol–water partition coefficient (Wildman–Crippen LogP) is 5.61. The van der Waals surface area contributed by atoms with Crippen molar-refractivity contribution in [1.29, 1.82) is 0 Å². The first-order chi connectivity index (χ1) is 14.5. The largest absolute Gasteiger partial charge is 0.497 e. The number of aromatic nitrogens is 2. The van der Waals surface area contributed by atoms with Crippen LogP contribution in [-0.4, -0.2) is 23.6 Å². The van der Waals surface area contributed by atoms with Crippen molar-refractivity contribution in [2.75, 3.05) is 13.8 Å². The molecule has 30 heavy (non-hydrogen) atoms. The first-order valence-corrected chi connectivity index (χ1v) is 12.1. The van der Waals surface area contributed by atoms with Crippen LogP contribution in [0, 0.1) is 13.8 Å². The second-order valence-electron chi connectivity index (χ2n) is 7.36. The summed E-state index contributed by atoms with van der Waals surface area (Å²) < 4.78 is 12.7. The van der Waals surface area contributed by atoms with Gasteiger partial charge in [-0.3, -0.25) is 4.74 Å². The van der Waals surface area contributed by atoms with E-state index in [1.165, 1.54) is 10.6 Å². The number of nitrogens with zero attached hydrogens (tertiary/aromatic N) is 3. The summed E-state index contributed by atoms with van der Waals surface area (Å²) in [6.45, 7) is 6.51. The monoisotopic (exact) mass is 415 g/mol. The maximum Gasteiger partial charge on any atom is 0.119 e. The molecular formula is C25H26N3OP. The van der Waals surface area contributed by atoms with Crippen LogP contribution in [-0.2, 0) is 0 Å². The molecule has 1 atom stereocenters. The maximum absolute atomic E-state index is 5.34. The van der Waals surface area contributed by atoms with Crippen LogP contribution >= 0.6 is 7.05 Å². The second-order valence-corrected chi connectivity index (χ2v) is 10.4. The van der Waals surface area contributed by atoms with Crippen LogP contribution in [0.2, 0.25) is 0 Å². The quantitative estimate of drug-likeness (QED) is 0.398. The standard InChI is InChI=1S/C25H26N3OP/c1-19-25(20(2)28(26-19)22-11-7-5-8-12-22)30(4,24-13-9-6-10-14-24)27-21-15-17-23(29-3)18-16-21/h5-18H,1-4H3. The molecule has 0 aliphatic rings. The number of hydrogen-bond acceptors (Lipinski definition) is 3. The Morgan fingerprint density at radius 2 is 1.43 bits per heavy atom. The molecule has 0 radical (unpaired) electrons. The van der Waals surface area contributed by atoms with E-state index >= 15 is 0 Å². The van der Waals surface area contributed by atoms with Crippen molar-refractivity contribution in [3.63, 3.8) is 0 Å². The van der Waals surface area contributed by atoms with Gasteiger partial charge < -0.3 is 4.74 Å². The Balaban J connectivity index is 1.96. The van der Waals surface area contributed by atoms with Crippen molar-refractivity contribution in [2.45, 2.75) is 13.8 Å². The van der Waals surface area contributed by atoms with Crippen molar-refractivity contribution in [3.05, 3.63) is 96.3 Å². The number of aryl methyl sites for hydroxylation is 1. The molecule has 0 aliphatic heterocycles. The molecule has 152 valence electrons. The fourth-order valence-electron chi connectivity index (χ4n) is 3.92. The minimum Gasteiger partial charge on any atom is -0.497 e. The molecule has 0 amide bonds. The highest BCUT2D eigenvalue weighted by molar-refractivity contribution is 7.80. The van der Waals surface area contributed by atoms with Crippen LogP contribution < -0.4 is 15.3 Å². The summed E-state index contributed by atoms with van der Waals surface area (Å²) in [7, 11) is -0.415. The van der Waals surface area contributed by atoms with E-state index in [1.807, 2.05) is 53.2 Å². The molecular weight excluding hydrogens is 389 g/mol. The molecule has 0 spiro atoms. The third-order valence-corrected chi connectivity index (χ3v) is 8.79. The number of ether oxygens (including phenoxy) is 1. The highest BCUT2D eigenvalue weighted by Crippen LogP contribution is 2.48. The third kappa shape index (κ3) is 3.71. The minimum absolute atomic E-state index is 0.831. The summed E-state index contributed by atoms with van der Waals surface area (Å²) in [5, 5.41) is 7.37. The molecule has 1 unspecified atom stereocenters. The zero-order valence-corrected chi connectivity index (χ0v) is 18.7. The molecule has 4 aromatic rings. The van der Waals surface area contributed by atoms with E-state index < -0.39 is 7.05 Å². The molecule has 0 N–H and O–H groups in total. The lowest BCUT2D eigenvalue weighted by molar-refractivity contribution is 0.415. The van der Waals surface area contributed by atoms with E-state index in [9.17, 15) is 0 Å². The van der Waals surface area contributed by atoms with Crippen LogP contribution in [0.25, 0.3) is 5.69 Å². The summed E-state index contributed by atoms with van der Waals surface area (Å²) >= 11 is 0. The third-order valence-electron chi connectivity index (χ3n) is 5.34. The molecule has 0 bridgehead atoms. The smallest absolute Gasteiger partial charge is 0.119 e. The van der Waals surface area contributed by atoms with E-state index in [1.54, 1.807) is 7.11 Å². The zero-order chi connectivity index (χ0) is 21.1. The van der Waals surface area contributed by atoms with Gasteiger partial charge in [-0.05, 0) is 62.2 Å². The van der Waals surface area contributed by atoms with Crippen molar-refractivity contribution in [1.82, 2.24) is 9.78 Å². The van der Waals surface area contributed by atoms with Gasteiger partial charge in [-0.2, -0.15) is 5.10 Å². The average Bonchev–Trinajstić information content (AvgIpc) is 3.10. The van der Waals surface area contributed by atoms with Crippen molar-refractivity contribution in [3.8, 4) is 11.4 Å². The Kier molecular flexibility index (Phi) is 5.61. The number of benzene rings is 3. The Morgan fingerprint density at radius 3 is 2.03 bits per heavy atom. The van der Waals surface area contributed by atoms with Gasteiger partial charge in [-0.25, -0.2) is 4.68 Å². The van der Waals surface area contributed by atoms with E-state index in [-0.39, 0.29) is 0 Å². The van der Waals surface area contributed by atoms with Crippen LogP contribution in [0.5, 0.6) is 5.75 Å². The zero-order valence-electron chi connectivity index (χ0n) is 17.8. The molecule has 1 heterocycles. The molecule has 0 aliphatic carbocycles. The van der Waals surface area contributed by atoms with Gasteiger partial charge in [0.25, 0.3) is 0 Å². The number of para-hydroxylation sites is 1. The van der Waals surface area contributed by atoms with Crippen LogP contribution in [0.4, 0.5) is 5.69 Å². The van der Waals surface area contributed by atoms with Gasteiger partial charge in [0.05, 0.1) is 29.9 Å². The summed E-state index contributed by atoms with van der Waals surface area (Å²) in [6.07, 6.45) is 0. The molecule has 5 heteroatoms. The molecule has 4 rings (SSSR count). The molecule has 0 saturated carbocycles. The van der Waals surface area contributed by atoms with E-state index in [2.05, 4.69) is 56.9 Å². The molecule has 4 nitrogen and oxygen atoms in total. The van der Waals surface area contributed by atoms with Gasteiger partial charge in [-0.15, -0.1) is 0 Å². The average molecular weight is 415 g/mol. The lowest BCUT2D eigenvalue weighted by Gasteiger charge is -2.22. The van der Waals surface area contributed by atoms with Crippen LogP contribution in [0.15, 0.2) is 89.7 Å². The first kappa shape index (κ1) is 20.2. The molecule has 0 saturated heterocycles. The topological polar surface area (TPSA) is 39.4 Å². The van der Waals surface area contributed by atoms with Crippen LogP contribution in [0.1, 0.15) is 11.4 Å². The Bertz CT molecular complexity index is 1200. The van der Waals surface area contributed by atoms with Gasteiger partial charge in [0.2, 0.25) is 0 Å². The summed E-state index contributed by atoms with van der Waals surface area (Å²) in [6, 6.07) is 28.8. The van der Waals surface area contributed by atoms with Gasteiger partial charge in [0.15, 0.2) is 0 Å². The van der Waals surface area contributed by atoms with Gasteiger partial charge in [0, 0.05) is 12.4 Å². The fourth-order valence-corrected chi connectivity index (χ4v) is 7.14.